The van der Waals surface area contributed by atoms with E-state index in [1.807, 2.05) is 25.3 Å². The normalized spacial score (nSPS) is 12.4. The highest BCUT2D eigenvalue weighted by Gasteiger charge is 2.13. The summed E-state index contributed by atoms with van der Waals surface area (Å²) in [6, 6.07) is 8.19. The van der Waals surface area contributed by atoms with Crippen LogP contribution in [-0.4, -0.2) is 17.3 Å². The number of rotatable bonds is 6. The zero-order chi connectivity index (χ0) is 12.0. The van der Waals surface area contributed by atoms with Crippen molar-refractivity contribution in [2.45, 2.75) is 30.6 Å². The van der Waals surface area contributed by atoms with E-state index < -0.39 is 5.97 Å². The molecule has 0 saturated heterocycles. The van der Waals surface area contributed by atoms with Crippen molar-refractivity contribution in [2.75, 3.05) is 6.26 Å². The van der Waals surface area contributed by atoms with Crippen LogP contribution >= 0.6 is 21.6 Å². The Bertz CT molecular complexity index is 335. The summed E-state index contributed by atoms with van der Waals surface area (Å²) in [4.78, 5) is 11.9. The van der Waals surface area contributed by atoms with E-state index in [0.717, 1.165) is 12.0 Å². The highest BCUT2D eigenvalue weighted by molar-refractivity contribution is 8.76. The number of hydrogen-bond acceptors (Lipinski definition) is 3. The third kappa shape index (κ3) is 4.10. The van der Waals surface area contributed by atoms with Gasteiger partial charge < -0.3 is 5.11 Å². The van der Waals surface area contributed by atoms with E-state index in [4.69, 9.17) is 5.11 Å². The molecule has 1 aromatic carbocycles. The monoisotopic (exact) mass is 256 g/mol. The maximum Gasteiger partial charge on any atom is 0.303 e. The van der Waals surface area contributed by atoms with E-state index in [1.54, 1.807) is 21.6 Å². The van der Waals surface area contributed by atoms with Gasteiger partial charge in [-0.2, -0.15) is 0 Å². The summed E-state index contributed by atoms with van der Waals surface area (Å²) in [5.41, 5.74) is 1.12. The van der Waals surface area contributed by atoms with Crippen molar-refractivity contribution in [2.24, 2.45) is 0 Å². The van der Waals surface area contributed by atoms with Gasteiger partial charge in [-0.1, -0.05) is 40.6 Å². The van der Waals surface area contributed by atoms with Crippen molar-refractivity contribution in [1.82, 2.24) is 0 Å². The van der Waals surface area contributed by atoms with Crippen molar-refractivity contribution in [3.05, 3.63) is 29.8 Å². The van der Waals surface area contributed by atoms with E-state index in [1.165, 1.54) is 4.90 Å². The first-order valence-electron chi connectivity index (χ1n) is 5.19. The third-order valence-corrected chi connectivity index (χ3v) is 4.15. The van der Waals surface area contributed by atoms with Gasteiger partial charge in [0.05, 0.1) is 6.42 Å². The van der Waals surface area contributed by atoms with Crippen LogP contribution in [0.1, 0.15) is 31.2 Å². The molecular weight excluding hydrogens is 240 g/mol. The minimum absolute atomic E-state index is 0.130. The molecule has 0 saturated carbocycles. The second-order valence-electron chi connectivity index (χ2n) is 3.52. The van der Waals surface area contributed by atoms with Crippen LogP contribution in [0.4, 0.5) is 0 Å². The highest BCUT2D eigenvalue weighted by atomic mass is 33.1. The maximum atomic E-state index is 10.7. The average Bonchev–Trinajstić information content (AvgIpc) is 2.27. The second-order valence-corrected chi connectivity index (χ2v) is 5.99. The molecule has 0 aliphatic rings. The van der Waals surface area contributed by atoms with Crippen LogP contribution in [0.25, 0.3) is 0 Å². The fourth-order valence-electron chi connectivity index (χ4n) is 1.60. The van der Waals surface area contributed by atoms with Gasteiger partial charge in [0.15, 0.2) is 0 Å². The van der Waals surface area contributed by atoms with Crippen molar-refractivity contribution in [3.63, 3.8) is 0 Å². The third-order valence-electron chi connectivity index (χ3n) is 2.44. The molecule has 1 atom stereocenters. The van der Waals surface area contributed by atoms with E-state index in [2.05, 4.69) is 12.1 Å². The molecule has 1 aromatic rings. The Kier molecular flexibility index (Phi) is 5.77. The summed E-state index contributed by atoms with van der Waals surface area (Å²) in [5.74, 6) is -0.597. The molecule has 0 spiro atoms. The lowest BCUT2D eigenvalue weighted by Gasteiger charge is -2.13. The lowest BCUT2D eigenvalue weighted by Crippen LogP contribution is -2.05. The zero-order valence-corrected chi connectivity index (χ0v) is 11.1. The van der Waals surface area contributed by atoms with Gasteiger partial charge in [0.25, 0.3) is 0 Å². The summed E-state index contributed by atoms with van der Waals surface area (Å²) >= 11 is 0. The Morgan fingerprint density at radius 1 is 1.38 bits per heavy atom. The van der Waals surface area contributed by atoms with Crippen LogP contribution in [-0.2, 0) is 4.79 Å². The van der Waals surface area contributed by atoms with Gasteiger partial charge in [0.1, 0.15) is 0 Å². The predicted molar refractivity (Wildman–Crippen MR) is 71.1 cm³/mol. The zero-order valence-electron chi connectivity index (χ0n) is 9.47. The molecule has 0 heterocycles. The fraction of sp³-hybridized carbons (Fsp3) is 0.417. The number of carboxylic acid groups (broad SMARTS) is 1. The summed E-state index contributed by atoms with van der Waals surface area (Å²) < 4.78 is 0. The molecule has 0 radical (unpaired) electrons. The van der Waals surface area contributed by atoms with Gasteiger partial charge in [-0.15, -0.1) is 0 Å². The first-order valence-corrected chi connectivity index (χ1v) is 7.75. The van der Waals surface area contributed by atoms with Crippen LogP contribution in [0.5, 0.6) is 0 Å². The smallest absolute Gasteiger partial charge is 0.303 e. The Morgan fingerprint density at radius 3 is 2.44 bits per heavy atom. The van der Waals surface area contributed by atoms with Gasteiger partial charge >= 0.3 is 5.97 Å². The lowest BCUT2D eigenvalue weighted by molar-refractivity contribution is -0.137. The highest BCUT2D eigenvalue weighted by Crippen LogP contribution is 2.30. The summed E-state index contributed by atoms with van der Waals surface area (Å²) in [6.07, 6.45) is 3.12. The molecule has 1 rings (SSSR count). The second kappa shape index (κ2) is 6.86. The molecule has 0 amide bonds. The Hall–Kier alpha value is -0.610. The molecular formula is C12H16O2S2. The molecule has 0 bridgehead atoms. The predicted octanol–water partition coefficient (Wildman–Crippen LogP) is 4.03. The van der Waals surface area contributed by atoms with E-state index in [-0.39, 0.29) is 12.3 Å². The molecule has 1 unspecified atom stereocenters. The summed E-state index contributed by atoms with van der Waals surface area (Å²) in [7, 11) is 3.43. The van der Waals surface area contributed by atoms with Crippen molar-refractivity contribution >= 4 is 27.6 Å². The number of carbonyl (C=O) groups is 1. The molecule has 1 N–H and O–H groups in total. The Balaban J connectivity index is 2.73. The number of hydrogen-bond donors (Lipinski definition) is 1. The van der Waals surface area contributed by atoms with Crippen LogP contribution in [0.2, 0.25) is 0 Å². The van der Waals surface area contributed by atoms with Gasteiger partial charge in [-0.25, -0.2) is 0 Å². The van der Waals surface area contributed by atoms with Crippen molar-refractivity contribution in [3.8, 4) is 0 Å². The largest absolute Gasteiger partial charge is 0.481 e. The Labute approximate surface area is 104 Å². The standard InChI is InChI=1S/C12H16O2S2/c1-3-9(8-12(13)14)10-4-6-11(7-5-10)16-15-2/h4-7,9H,3,8H2,1-2H3,(H,13,14). The van der Waals surface area contributed by atoms with E-state index in [0.29, 0.717) is 0 Å². The van der Waals surface area contributed by atoms with Crippen molar-refractivity contribution in [1.29, 1.82) is 0 Å². The summed E-state index contributed by atoms with van der Waals surface area (Å²) in [6.45, 7) is 2.03. The molecule has 0 aromatic heterocycles. The average molecular weight is 256 g/mol. The van der Waals surface area contributed by atoms with Gasteiger partial charge in [0.2, 0.25) is 0 Å². The number of benzene rings is 1. The maximum absolute atomic E-state index is 10.7. The molecule has 4 heteroatoms. The number of aliphatic carboxylic acids is 1. The first kappa shape index (κ1) is 13.5. The van der Waals surface area contributed by atoms with Crippen LogP contribution in [0, 0.1) is 0 Å². The molecule has 0 aliphatic carbocycles. The van der Waals surface area contributed by atoms with E-state index in [9.17, 15) is 4.79 Å². The fourth-order valence-corrected chi connectivity index (χ4v) is 2.95. The van der Waals surface area contributed by atoms with Crippen molar-refractivity contribution < 1.29 is 9.90 Å². The summed E-state index contributed by atoms with van der Waals surface area (Å²) in [5, 5.41) is 8.81. The SMILES string of the molecule is CCC(CC(=O)O)c1ccc(SSC)cc1. The molecule has 16 heavy (non-hydrogen) atoms. The topological polar surface area (TPSA) is 37.3 Å². The van der Waals surface area contributed by atoms with E-state index >= 15 is 0 Å². The van der Waals surface area contributed by atoms with Gasteiger partial charge in [-0.05, 0) is 36.3 Å². The minimum atomic E-state index is -0.727. The quantitative estimate of drug-likeness (QED) is 0.780. The molecule has 0 aliphatic heterocycles. The Morgan fingerprint density at radius 2 is 2.00 bits per heavy atom. The van der Waals surface area contributed by atoms with Gasteiger partial charge in [-0.3, -0.25) is 4.79 Å². The molecule has 2 nitrogen and oxygen atoms in total. The minimum Gasteiger partial charge on any atom is -0.481 e. The van der Waals surface area contributed by atoms with Gasteiger partial charge in [0, 0.05) is 4.90 Å². The van der Waals surface area contributed by atoms with Crippen LogP contribution < -0.4 is 0 Å². The molecule has 0 fully saturated rings. The molecule has 88 valence electrons. The van der Waals surface area contributed by atoms with Crippen LogP contribution in [0.15, 0.2) is 29.2 Å². The number of carboxylic acids is 1. The lowest BCUT2D eigenvalue weighted by atomic mass is 9.93. The first-order chi connectivity index (χ1) is 7.67. The van der Waals surface area contributed by atoms with Crippen LogP contribution in [0.3, 0.4) is 0 Å².